The van der Waals surface area contributed by atoms with Crippen LogP contribution in [-0.4, -0.2) is 17.4 Å². The van der Waals surface area contributed by atoms with E-state index in [9.17, 15) is 9.59 Å². The molecule has 0 amide bonds. The molecule has 18 heavy (non-hydrogen) atoms. The molecular weight excluding hydrogens is 252 g/mol. The van der Waals surface area contributed by atoms with Crippen LogP contribution < -0.4 is 0 Å². The van der Waals surface area contributed by atoms with Crippen molar-refractivity contribution in [1.29, 1.82) is 0 Å². The minimum absolute atomic E-state index is 0.179. The maximum atomic E-state index is 11.1. The van der Waals surface area contributed by atoms with Gasteiger partial charge >= 0.3 is 5.97 Å². The molecule has 0 aromatic heterocycles. The van der Waals surface area contributed by atoms with Crippen molar-refractivity contribution in [1.82, 2.24) is 0 Å². The lowest BCUT2D eigenvalue weighted by Gasteiger charge is -2.07. The van der Waals surface area contributed by atoms with E-state index in [1.807, 2.05) is 0 Å². The van der Waals surface area contributed by atoms with Gasteiger partial charge in [-0.15, -0.1) is 0 Å². The van der Waals surface area contributed by atoms with Crippen molar-refractivity contribution in [2.24, 2.45) is 0 Å². The standard InChI is InChI=1S/C14H9ClO3/c15-11-5-6-12(14(17)18)13(7-11)10-3-1-9(8-16)2-4-10/h1-8H,(H,17,18). The highest BCUT2D eigenvalue weighted by Gasteiger charge is 2.12. The van der Waals surface area contributed by atoms with Crippen molar-refractivity contribution in [2.75, 3.05) is 0 Å². The zero-order valence-corrected chi connectivity index (χ0v) is 10.0. The Morgan fingerprint density at radius 2 is 1.78 bits per heavy atom. The molecule has 2 aromatic rings. The summed E-state index contributed by atoms with van der Waals surface area (Å²) in [5.74, 6) is -1.01. The van der Waals surface area contributed by atoms with Gasteiger partial charge in [0, 0.05) is 10.6 Å². The second kappa shape index (κ2) is 5.02. The highest BCUT2D eigenvalue weighted by Crippen LogP contribution is 2.27. The minimum Gasteiger partial charge on any atom is -0.478 e. The molecule has 90 valence electrons. The Kier molecular flexibility index (Phi) is 3.44. The number of halogens is 1. The van der Waals surface area contributed by atoms with Crippen LogP contribution in [0.25, 0.3) is 11.1 Å². The highest BCUT2D eigenvalue weighted by atomic mass is 35.5. The lowest BCUT2D eigenvalue weighted by atomic mass is 9.99. The number of carboxylic acid groups (broad SMARTS) is 1. The first kappa shape index (κ1) is 12.3. The van der Waals surface area contributed by atoms with Crippen LogP contribution in [0.1, 0.15) is 20.7 Å². The van der Waals surface area contributed by atoms with E-state index >= 15 is 0 Å². The number of aromatic carboxylic acids is 1. The molecule has 0 atom stereocenters. The van der Waals surface area contributed by atoms with Gasteiger partial charge in [-0.1, -0.05) is 35.9 Å². The first-order chi connectivity index (χ1) is 8.61. The Balaban J connectivity index is 2.57. The van der Waals surface area contributed by atoms with E-state index in [-0.39, 0.29) is 5.56 Å². The molecule has 0 aliphatic rings. The maximum absolute atomic E-state index is 11.1. The zero-order chi connectivity index (χ0) is 13.1. The van der Waals surface area contributed by atoms with E-state index in [2.05, 4.69) is 0 Å². The van der Waals surface area contributed by atoms with Crippen molar-refractivity contribution in [2.45, 2.75) is 0 Å². The largest absolute Gasteiger partial charge is 0.478 e. The predicted molar refractivity (Wildman–Crippen MR) is 69.2 cm³/mol. The van der Waals surface area contributed by atoms with Crippen LogP contribution >= 0.6 is 11.6 Å². The van der Waals surface area contributed by atoms with Gasteiger partial charge in [0.25, 0.3) is 0 Å². The van der Waals surface area contributed by atoms with Crippen molar-refractivity contribution in [3.63, 3.8) is 0 Å². The zero-order valence-electron chi connectivity index (χ0n) is 9.26. The Morgan fingerprint density at radius 3 is 2.33 bits per heavy atom. The van der Waals surface area contributed by atoms with Gasteiger partial charge in [-0.2, -0.15) is 0 Å². The molecule has 0 saturated carbocycles. The lowest BCUT2D eigenvalue weighted by molar-refractivity contribution is 0.0697. The second-order valence-corrected chi connectivity index (χ2v) is 4.17. The summed E-state index contributed by atoms with van der Waals surface area (Å²) in [5.41, 5.74) is 1.96. The summed E-state index contributed by atoms with van der Waals surface area (Å²) >= 11 is 5.88. The third kappa shape index (κ3) is 2.41. The molecule has 0 radical (unpaired) electrons. The van der Waals surface area contributed by atoms with Gasteiger partial charge < -0.3 is 5.11 Å². The fourth-order valence-electron chi connectivity index (χ4n) is 1.68. The van der Waals surface area contributed by atoms with Gasteiger partial charge in [0.15, 0.2) is 0 Å². The second-order valence-electron chi connectivity index (χ2n) is 3.73. The summed E-state index contributed by atoms with van der Waals surface area (Å²) in [6.07, 6.45) is 0.736. The molecular formula is C14H9ClO3. The summed E-state index contributed by atoms with van der Waals surface area (Å²) in [6, 6.07) is 11.3. The number of carbonyl (C=O) groups excluding carboxylic acids is 1. The molecule has 0 fully saturated rings. The monoisotopic (exact) mass is 260 g/mol. The molecule has 0 unspecified atom stereocenters. The van der Waals surface area contributed by atoms with Crippen LogP contribution in [0, 0.1) is 0 Å². The summed E-state index contributed by atoms with van der Waals surface area (Å²) in [7, 11) is 0. The van der Waals surface area contributed by atoms with Gasteiger partial charge in [-0.3, -0.25) is 4.79 Å². The van der Waals surface area contributed by atoms with Gasteiger partial charge in [0.1, 0.15) is 6.29 Å². The molecule has 1 N–H and O–H groups in total. The molecule has 3 nitrogen and oxygen atoms in total. The summed E-state index contributed by atoms with van der Waals surface area (Å²) in [6.45, 7) is 0. The first-order valence-corrected chi connectivity index (χ1v) is 5.58. The number of benzene rings is 2. The van der Waals surface area contributed by atoms with E-state index in [1.165, 1.54) is 12.1 Å². The van der Waals surface area contributed by atoms with Crippen LogP contribution in [0.15, 0.2) is 42.5 Å². The molecule has 2 aromatic carbocycles. The molecule has 0 spiro atoms. The van der Waals surface area contributed by atoms with Crippen molar-refractivity contribution in [3.05, 3.63) is 58.6 Å². The summed E-state index contributed by atoms with van der Waals surface area (Å²) in [5, 5.41) is 9.59. The van der Waals surface area contributed by atoms with Gasteiger partial charge in [0.2, 0.25) is 0 Å². The number of carboxylic acids is 1. The maximum Gasteiger partial charge on any atom is 0.336 e. The molecule has 4 heteroatoms. The Morgan fingerprint density at radius 1 is 1.11 bits per heavy atom. The average Bonchev–Trinajstić information content (AvgIpc) is 2.38. The third-order valence-electron chi connectivity index (χ3n) is 2.57. The SMILES string of the molecule is O=Cc1ccc(-c2cc(Cl)ccc2C(=O)O)cc1. The molecule has 0 aliphatic heterocycles. The Labute approximate surface area is 109 Å². The van der Waals surface area contributed by atoms with E-state index < -0.39 is 5.97 Å². The topological polar surface area (TPSA) is 54.4 Å². The summed E-state index contributed by atoms with van der Waals surface area (Å²) in [4.78, 5) is 21.7. The number of aldehydes is 1. The summed E-state index contributed by atoms with van der Waals surface area (Å²) < 4.78 is 0. The number of rotatable bonds is 3. The fourth-order valence-corrected chi connectivity index (χ4v) is 1.86. The molecule has 0 saturated heterocycles. The molecule has 2 rings (SSSR count). The van der Waals surface area contributed by atoms with Gasteiger partial charge in [-0.25, -0.2) is 4.79 Å². The molecule has 0 bridgehead atoms. The minimum atomic E-state index is -1.01. The number of carbonyl (C=O) groups is 2. The van der Waals surface area contributed by atoms with Crippen LogP contribution in [0.4, 0.5) is 0 Å². The van der Waals surface area contributed by atoms with E-state index in [0.717, 1.165) is 6.29 Å². The van der Waals surface area contributed by atoms with Crippen LogP contribution in [0.3, 0.4) is 0 Å². The van der Waals surface area contributed by atoms with Crippen LogP contribution in [0.5, 0.6) is 0 Å². The van der Waals surface area contributed by atoms with Crippen LogP contribution in [-0.2, 0) is 0 Å². The third-order valence-corrected chi connectivity index (χ3v) is 2.80. The Bertz CT molecular complexity index is 603. The number of hydrogen-bond donors (Lipinski definition) is 1. The van der Waals surface area contributed by atoms with Crippen LogP contribution in [0.2, 0.25) is 5.02 Å². The van der Waals surface area contributed by atoms with Gasteiger partial charge in [-0.05, 0) is 29.3 Å². The normalized spacial score (nSPS) is 10.1. The number of hydrogen-bond acceptors (Lipinski definition) is 2. The predicted octanol–water partition coefficient (Wildman–Crippen LogP) is 3.52. The van der Waals surface area contributed by atoms with E-state index in [4.69, 9.17) is 16.7 Å². The smallest absolute Gasteiger partial charge is 0.336 e. The first-order valence-electron chi connectivity index (χ1n) is 5.20. The molecule has 0 aliphatic carbocycles. The van der Waals surface area contributed by atoms with E-state index in [1.54, 1.807) is 30.3 Å². The lowest BCUT2D eigenvalue weighted by Crippen LogP contribution is -1.99. The quantitative estimate of drug-likeness (QED) is 0.859. The average molecular weight is 261 g/mol. The fraction of sp³-hybridized carbons (Fsp3) is 0. The Hall–Kier alpha value is -2.13. The van der Waals surface area contributed by atoms with Gasteiger partial charge in [0.05, 0.1) is 5.56 Å². The van der Waals surface area contributed by atoms with E-state index in [0.29, 0.717) is 21.7 Å². The van der Waals surface area contributed by atoms with Crippen molar-refractivity contribution < 1.29 is 14.7 Å². The molecule has 0 heterocycles. The van der Waals surface area contributed by atoms with Crippen molar-refractivity contribution >= 4 is 23.9 Å². The van der Waals surface area contributed by atoms with Crippen molar-refractivity contribution in [3.8, 4) is 11.1 Å². The highest BCUT2D eigenvalue weighted by molar-refractivity contribution is 6.31.